The van der Waals surface area contributed by atoms with Crippen LogP contribution in [0.4, 0.5) is 0 Å². The Balaban J connectivity index is 1.79. The third kappa shape index (κ3) is 6.35. The van der Waals surface area contributed by atoms with E-state index in [1.54, 1.807) is 0 Å². The van der Waals surface area contributed by atoms with E-state index >= 15 is 0 Å². The molecule has 1 aliphatic carbocycles. The molecule has 29 heavy (non-hydrogen) atoms. The van der Waals surface area contributed by atoms with Crippen LogP contribution in [0.5, 0.6) is 0 Å². The van der Waals surface area contributed by atoms with Crippen molar-refractivity contribution >= 4 is 40.7 Å². The Labute approximate surface area is 186 Å². The van der Waals surface area contributed by atoms with Gasteiger partial charge in [0.1, 0.15) is 6.17 Å². The van der Waals surface area contributed by atoms with Gasteiger partial charge >= 0.3 is 0 Å². The molecule has 0 bridgehead atoms. The van der Waals surface area contributed by atoms with E-state index in [0.717, 1.165) is 29.5 Å². The summed E-state index contributed by atoms with van der Waals surface area (Å²) >= 11 is 18.5. The summed E-state index contributed by atoms with van der Waals surface area (Å²) in [6.07, 6.45) is 7.21. The molecule has 2 atom stereocenters. The molecule has 0 fully saturated rings. The van der Waals surface area contributed by atoms with Gasteiger partial charge in [0.15, 0.2) is 0 Å². The molecule has 3 rings (SSSR count). The largest absolute Gasteiger partial charge is 0.336 e. The lowest BCUT2D eigenvalue weighted by Crippen LogP contribution is -2.54. The van der Waals surface area contributed by atoms with Gasteiger partial charge < -0.3 is 5.32 Å². The van der Waals surface area contributed by atoms with E-state index in [4.69, 9.17) is 34.8 Å². The number of halogens is 3. The molecule has 3 nitrogen and oxygen atoms in total. The van der Waals surface area contributed by atoms with Gasteiger partial charge in [-0.1, -0.05) is 114 Å². The second kappa shape index (κ2) is 10.3. The van der Waals surface area contributed by atoms with Gasteiger partial charge in [-0.2, -0.15) is 0 Å². The van der Waals surface area contributed by atoms with Crippen molar-refractivity contribution in [1.82, 2.24) is 10.6 Å². The minimum Gasteiger partial charge on any atom is -0.336 e. The van der Waals surface area contributed by atoms with Crippen molar-refractivity contribution in [3.05, 3.63) is 95.6 Å². The smallest absolute Gasteiger partial charge is 0.233 e. The Hall–Kier alpha value is -1.78. The summed E-state index contributed by atoms with van der Waals surface area (Å²) in [6.45, 7) is 0.457. The summed E-state index contributed by atoms with van der Waals surface area (Å²) in [4.78, 5) is 13.3. The summed E-state index contributed by atoms with van der Waals surface area (Å²) < 4.78 is -1.71. The zero-order valence-corrected chi connectivity index (χ0v) is 18.1. The maximum absolute atomic E-state index is 13.3. The van der Waals surface area contributed by atoms with Crippen LogP contribution >= 0.6 is 34.8 Å². The quantitative estimate of drug-likeness (QED) is 0.424. The molecule has 1 aliphatic rings. The van der Waals surface area contributed by atoms with Crippen LogP contribution in [-0.2, 0) is 11.3 Å². The van der Waals surface area contributed by atoms with Crippen molar-refractivity contribution in [2.45, 2.75) is 35.3 Å². The molecule has 2 N–H and O–H groups in total. The van der Waals surface area contributed by atoms with Crippen LogP contribution in [-0.4, -0.2) is 15.9 Å². The molecule has 2 aromatic carbocycles. The normalized spacial score (nSPS) is 16.0. The van der Waals surface area contributed by atoms with Crippen molar-refractivity contribution in [3.8, 4) is 0 Å². The number of rotatable bonds is 7. The molecule has 0 heterocycles. The fourth-order valence-corrected chi connectivity index (χ4v) is 3.67. The average Bonchev–Trinajstić information content (AvgIpc) is 2.73. The van der Waals surface area contributed by atoms with Crippen LogP contribution < -0.4 is 10.6 Å². The summed E-state index contributed by atoms with van der Waals surface area (Å²) in [5.74, 6) is -0.688. The Morgan fingerprint density at radius 3 is 2.21 bits per heavy atom. The number of allylic oxidation sites excluding steroid dienone is 3. The maximum Gasteiger partial charge on any atom is 0.233 e. The number of hydrogen-bond acceptors (Lipinski definition) is 2. The third-order valence-electron chi connectivity index (χ3n) is 4.72. The maximum atomic E-state index is 13.3. The SMILES string of the molecule is O=C(NC(NCc1ccccc1)C(Cl)(Cl)Cl)C(C1=CCCC=C1)c1ccccc1. The van der Waals surface area contributed by atoms with E-state index < -0.39 is 15.9 Å². The lowest BCUT2D eigenvalue weighted by atomic mass is 9.87. The van der Waals surface area contributed by atoms with Gasteiger partial charge in [0.25, 0.3) is 0 Å². The van der Waals surface area contributed by atoms with Crippen LogP contribution in [0.3, 0.4) is 0 Å². The van der Waals surface area contributed by atoms with E-state index in [9.17, 15) is 4.79 Å². The molecule has 152 valence electrons. The minimum absolute atomic E-state index is 0.217. The van der Waals surface area contributed by atoms with E-state index in [1.807, 2.05) is 66.7 Å². The van der Waals surface area contributed by atoms with Crippen LogP contribution in [0.2, 0.25) is 0 Å². The molecular weight excluding hydrogens is 427 g/mol. The summed E-state index contributed by atoms with van der Waals surface area (Å²) in [7, 11) is 0. The van der Waals surface area contributed by atoms with E-state index in [-0.39, 0.29) is 5.91 Å². The van der Waals surface area contributed by atoms with Gasteiger partial charge in [-0.25, -0.2) is 0 Å². The zero-order chi connectivity index (χ0) is 20.7. The Morgan fingerprint density at radius 1 is 0.966 bits per heavy atom. The molecule has 0 saturated carbocycles. The second-order valence-electron chi connectivity index (χ2n) is 6.88. The molecule has 1 amide bonds. The Kier molecular flexibility index (Phi) is 7.79. The topological polar surface area (TPSA) is 41.1 Å². The fraction of sp³-hybridized carbons (Fsp3) is 0.261. The molecule has 0 saturated heterocycles. The minimum atomic E-state index is -1.71. The van der Waals surface area contributed by atoms with Crippen molar-refractivity contribution in [2.75, 3.05) is 0 Å². The van der Waals surface area contributed by atoms with Gasteiger partial charge in [0.05, 0.1) is 5.92 Å². The number of hydrogen-bond donors (Lipinski definition) is 2. The molecule has 0 aromatic heterocycles. The highest BCUT2D eigenvalue weighted by atomic mass is 35.6. The lowest BCUT2D eigenvalue weighted by Gasteiger charge is -2.29. The van der Waals surface area contributed by atoms with Gasteiger partial charge in [-0.05, 0) is 29.5 Å². The van der Waals surface area contributed by atoms with Crippen molar-refractivity contribution < 1.29 is 4.79 Å². The van der Waals surface area contributed by atoms with Crippen LogP contribution in [0, 0.1) is 0 Å². The lowest BCUT2D eigenvalue weighted by molar-refractivity contribution is -0.122. The number of benzene rings is 2. The van der Waals surface area contributed by atoms with E-state index in [1.165, 1.54) is 0 Å². The predicted octanol–water partition coefficient (Wildman–Crippen LogP) is 5.65. The monoisotopic (exact) mass is 448 g/mol. The van der Waals surface area contributed by atoms with Crippen molar-refractivity contribution in [3.63, 3.8) is 0 Å². The molecular formula is C23H23Cl3N2O. The number of carbonyl (C=O) groups is 1. The first kappa shape index (κ1) is 21.9. The zero-order valence-electron chi connectivity index (χ0n) is 15.8. The molecule has 2 aromatic rings. The molecule has 0 aliphatic heterocycles. The van der Waals surface area contributed by atoms with Gasteiger partial charge in [0, 0.05) is 6.54 Å². The van der Waals surface area contributed by atoms with Gasteiger partial charge in [-0.15, -0.1) is 0 Å². The van der Waals surface area contributed by atoms with Crippen LogP contribution in [0.15, 0.2) is 84.5 Å². The molecule has 6 heteroatoms. The summed E-state index contributed by atoms with van der Waals surface area (Å²) in [5.41, 5.74) is 2.87. The predicted molar refractivity (Wildman–Crippen MR) is 121 cm³/mol. The number of carbonyl (C=O) groups excluding carboxylic acids is 1. The first-order valence-electron chi connectivity index (χ1n) is 9.51. The Bertz CT molecular complexity index is 861. The summed E-state index contributed by atoms with van der Waals surface area (Å²) in [6, 6.07) is 19.4. The highest BCUT2D eigenvalue weighted by molar-refractivity contribution is 6.68. The molecule has 2 unspecified atom stereocenters. The number of nitrogens with one attached hydrogen (secondary N) is 2. The number of amides is 1. The van der Waals surface area contributed by atoms with Crippen molar-refractivity contribution in [2.24, 2.45) is 0 Å². The van der Waals surface area contributed by atoms with Crippen molar-refractivity contribution in [1.29, 1.82) is 0 Å². The average molecular weight is 450 g/mol. The van der Waals surface area contributed by atoms with Crippen LogP contribution in [0.25, 0.3) is 0 Å². The van der Waals surface area contributed by atoms with Gasteiger partial charge in [0.2, 0.25) is 9.70 Å². The van der Waals surface area contributed by atoms with Crippen LogP contribution in [0.1, 0.15) is 29.9 Å². The molecule has 0 radical (unpaired) electrons. The Morgan fingerprint density at radius 2 is 1.62 bits per heavy atom. The first-order valence-corrected chi connectivity index (χ1v) is 10.6. The standard InChI is InChI=1S/C23H23Cl3N2O/c24-23(25,26)22(27-16-17-10-4-1-5-11-17)28-21(29)20(18-12-6-2-7-13-18)19-14-8-3-9-15-19/h1-2,4-8,10-15,20,22,27H,3,9,16H2,(H,28,29). The fourth-order valence-electron chi connectivity index (χ4n) is 3.28. The third-order valence-corrected chi connectivity index (χ3v) is 5.37. The van der Waals surface area contributed by atoms with Gasteiger partial charge in [-0.3, -0.25) is 10.1 Å². The first-order chi connectivity index (χ1) is 13.9. The number of alkyl halides is 3. The highest BCUT2D eigenvalue weighted by Crippen LogP contribution is 2.32. The van der Waals surface area contributed by atoms with E-state index in [0.29, 0.717) is 6.54 Å². The molecule has 0 spiro atoms. The van der Waals surface area contributed by atoms with E-state index in [2.05, 4.69) is 22.8 Å². The highest BCUT2D eigenvalue weighted by Gasteiger charge is 2.36. The second-order valence-corrected chi connectivity index (χ2v) is 9.25. The summed E-state index contributed by atoms with van der Waals surface area (Å²) in [5, 5.41) is 6.05.